The maximum absolute atomic E-state index is 12.9. The molecule has 0 fully saturated rings. The van der Waals surface area contributed by atoms with E-state index in [-0.39, 0.29) is 12.4 Å². The van der Waals surface area contributed by atoms with Gasteiger partial charge in [-0.05, 0) is 61.6 Å². The number of hydrogen-bond donors (Lipinski definition) is 1. The lowest BCUT2D eigenvalue weighted by Gasteiger charge is -2.12. The Labute approximate surface area is 171 Å². The minimum Gasteiger partial charge on any atom is -0.489 e. The van der Waals surface area contributed by atoms with Crippen molar-refractivity contribution < 1.29 is 23.5 Å². The number of benzene rings is 2. The Kier molecular flexibility index (Phi) is 9.15. The molecule has 0 aromatic heterocycles. The number of primary amides is 1. The van der Waals surface area contributed by atoms with Gasteiger partial charge in [0.2, 0.25) is 5.91 Å². The van der Waals surface area contributed by atoms with E-state index in [9.17, 15) is 14.0 Å². The van der Waals surface area contributed by atoms with Crippen LogP contribution in [-0.2, 0) is 27.4 Å². The van der Waals surface area contributed by atoms with E-state index in [1.54, 1.807) is 19.1 Å². The minimum atomic E-state index is -0.854. The summed E-state index contributed by atoms with van der Waals surface area (Å²) in [5.41, 5.74) is 7.39. The number of halogens is 1. The maximum Gasteiger partial charge on any atom is 0.318 e. The molecule has 0 saturated carbocycles. The fraction of sp³-hybridized carbons (Fsp3) is 0.391. The first-order valence-corrected chi connectivity index (χ1v) is 9.91. The Morgan fingerprint density at radius 2 is 1.62 bits per heavy atom. The molecular formula is C23H28FNO4. The van der Waals surface area contributed by atoms with Crippen molar-refractivity contribution in [3.05, 3.63) is 65.5 Å². The predicted molar refractivity (Wildman–Crippen MR) is 109 cm³/mol. The second-order valence-corrected chi connectivity index (χ2v) is 6.87. The van der Waals surface area contributed by atoms with Crippen LogP contribution < -0.4 is 10.5 Å². The first kappa shape index (κ1) is 22.4. The molecule has 156 valence electrons. The number of nitrogens with two attached hydrogens (primary N) is 1. The van der Waals surface area contributed by atoms with Gasteiger partial charge in [-0.1, -0.05) is 37.1 Å². The van der Waals surface area contributed by atoms with Gasteiger partial charge in [0.1, 0.15) is 24.1 Å². The van der Waals surface area contributed by atoms with E-state index < -0.39 is 17.8 Å². The van der Waals surface area contributed by atoms with Crippen molar-refractivity contribution in [3.8, 4) is 5.75 Å². The molecule has 1 amide bonds. The van der Waals surface area contributed by atoms with Crippen LogP contribution in [-0.4, -0.2) is 18.5 Å². The number of carbonyl (C=O) groups excluding carboxylic acids is 2. The highest BCUT2D eigenvalue weighted by Gasteiger charge is 2.24. The standard InChI is InChI=1S/C23H28FNO4/c1-2-28-23(27)21(22(25)26)7-5-3-4-6-17-10-14-20(15-11-17)29-16-18-8-12-19(24)13-9-18/h8-15,21H,2-7,16H2,1H3,(H2,25,26). The molecule has 2 rings (SSSR count). The lowest BCUT2D eigenvalue weighted by molar-refractivity contribution is -0.151. The van der Waals surface area contributed by atoms with E-state index >= 15 is 0 Å². The molecule has 1 atom stereocenters. The third-order valence-corrected chi connectivity index (χ3v) is 4.61. The Balaban J connectivity index is 1.68. The number of amides is 1. The van der Waals surface area contributed by atoms with Crippen LogP contribution in [0.4, 0.5) is 4.39 Å². The summed E-state index contributed by atoms with van der Waals surface area (Å²) in [5, 5.41) is 0. The lowest BCUT2D eigenvalue weighted by atomic mass is 9.99. The zero-order valence-corrected chi connectivity index (χ0v) is 16.7. The summed E-state index contributed by atoms with van der Waals surface area (Å²) in [4.78, 5) is 23.1. The third-order valence-electron chi connectivity index (χ3n) is 4.61. The summed E-state index contributed by atoms with van der Waals surface area (Å²) < 4.78 is 23.5. The van der Waals surface area contributed by atoms with E-state index in [0.717, 1.165) is 37.0 Å². The molecular weight excluding hydrogens is 373 g/mol. The molecule has 0 aliphatic heterocycles. The summed E-state index contributed by atoms with van der Waals surface area (Å²) in [7, 11) is 0. The van der Waals surface area contributed by atoms with Crippen LogP contribution in [0.1, 0.15) is 43.7 Å². The normalized spacial score (nSPS) is 11.7. The molecule has 0 radical (unpaired) electrons. The maximum atomic E-state index is 12.9. The van der Waals surface area contributed by atoms with Gasteiger partial charge in [-0.15, -0.1) is 0 Å². The van der Waals surface area contributed by atoms with Gasteiger partial charge in [0.25, 0.3) is 0 Å². The Morgan fingerprint density at radius 3 is 2.24 bits per heavy atom. The third kappa shape index (κ3) is 7.94. The molecule has 6 heteroatoms. The van der Waals surface area contributed by atoms with Crippen LogP contribution in [0.25, 0.3) is 0 Å². The van der Waals surface area contributed by atoms with E-state index in [2.05, 4.69) is 0 Å². The molecule has 5 nitrogen and oxygen atoms in total. The van der Waals surface area contributed by atoms with Gasteiger partial charge in [0, 0.05) is 0 Å². The van der Waals surface area contributed by atoms with Gasteiger partial charge in [0.15, 0.2) is 0 Å². The minimum absolute atomic E-state index is 0.242. The molecule has 2 aromatic carbocycles. The fourth-order valence-corrected chi connectivity index (χ4v) is 2.97. The largest absolute Gasteiger partial charge is 0.489 e. The quantitative estimate of drug-likeness (QED) is 0.329. The summed E-state index contributed by atoms with van der Waals surface area (Å²) in [6, 6.07) is 14.1. The average Bonchev–Trinajstić information content (AvgIpc) is 2.71. The molecule has 0 heterocycles. The SMILES string of the molecule is CCOC(=O)C(CCCCCc1ccc(OCc2ccc(F)cc2)cc1)C(N)=O. The first-order valence-electron chi connectivity index (χ1n) is 9.91. The van der Waals surface area contributed by atoms with Crippen molar-refractivity contribution >= 4 is 11.9 Å². The number of hydrogen-bond acceptors (Lipinski definition) is 4. The van der Waals surface area contributed by atoms with Gasteiger partial charge in [-0.3, -0.25) is 9.59 Å². The average molecular weight is 401 g/mol. The highest BCUT2D eigenvalue weighted by molar-refractivity contribution is 5.96. The smallest absolute Gasteiger partial charge is 0.318 e. The summed E-state index contributed by atoms with van der Waals surface area (Å²) in [5.74, 6) is -1.51. The molecule has 0 bridgehead atoms. The van der Waals surface area contributed by atoms with Gasteiger partial charge in [-0.25, -0.2) is 4.39 Å². The van der Waals surface area contributed by atoms with E-state index in [0.29, 0.717) is 13.0 Å². The van der Waals surface area contributed by atoms with Crippen LogP contribution in [0.3, 0.4) is 0 Å². The van der Waals surface area contributed by atoms with Crippen LogP contribution >= 0.6 is 0 Å². The second kappa shape index (κ2) is 11.8. The van der Waals surface area contributed by atoms with Crippen molar-refractivity contribution in [2.45, 2.75) is 45.6 Å². The van der Waals surface area contributed by atoms with Gasteiger partial charge in [-0.2, -0.15) is 0 Å². The topological polar surface area (TPSA) is 78.6 Å². The molecule has 2 N–H and O–H groups in total. The molecule has 0 aliphatic rings. The number of rotatable bonds is 12. The number of ether oxygens (including phenoxy) is 2. The Morgan fingerprint density at radius 1 is 0.966 bits per heavy atom. The highest BCUT2D eigenvalue weighted by atomic mass is 19.1. The van der Waals surface area contributed by atoms with Gasteiger partial charge in [0.05, 0.1) is 6.61 Å². The van der Waals surface area contributed by atoms with Crippen molar-refractivity contribution in [2.75, 3.05) is 6.61 Å². The van der Waals surface area contributed by atoms with Crippen molar-refractivity contribution in [3.63, 3.8) is 0 Å². The second-order valence-electron chi connectivity index (χ2n) is 6.87. The Bertz CT molecular complexity index is 774. The lowest BCUT2D eigenvalue weighted by Crippen LogP contribution is -2.31. The van der Waals surface area contributed by atoms with Crippen molar-refractivity contribution in [2.24, 2.45) is 11.7 Å². The predicted octanol–water partition coefficient (Wildman–Crippen LogP) is 4.17. The molecule has 29 heavy (non-hydrogen) atoms. The van der Waals surface area contributed by atoms with Crippen LogP contribution in [0.2, 0.25) is 0 Å². The summed E-state index contributed by atoms with van der Waals surface area (Å²) in [6.45, 7) is 2.34. The van der Waals surface area contributed by atoms with E-state index in [1.807, 2.05) is 24.3 Å². The molecule has 0 saturated heterocycles. The number of esters is 1. The van der Waals surface area contributed by atoms with Crippen LogP contribution in [0, 0.1) is 11.7 Å². The van der Waals surface area contributed by atoms with E-state index in [4.69, 9.17) is 15.2 Å². The molecule has 0 aliphatic carbocycles. The van der Waals surface area contributed by atoms with Crippen molar-refractivity contribution in [1.29, 1.82) is 0 Å². The molecule has 2 aromatic rings. The number of carbonyl (C=O) groups is 2. The van der Waals surface area contributed by atoms with Crippen molar-refractivity contribution in [1.82, 2.24) is 0 Å². The fourth-order valence-electron chi connectivity index (χ4n) is 2.97. The summed E-state index contributed by atoms with van der Waals surface area (Å²) >= 11 is 0. The highest BCUT2D eigenvalue weighted by Crippen LogP contribution is 2.17. The molecule has 0 spiro atoms. The number of aryl methyl sites for hydroxylation is 1. The molecule has 1 unspecified atom stereocenters. The zero-order chi connectivity index (χ0) is 21.1. The summed E-state index contributed by atoms with van der Waals surface area (Å²) in [6.07, 6.45) is 3.91. The van der Waals surface area contributed by atoms with Crippen LogP contribution in [0.15, 0.2) is 48.5 Å². The number of unbranched alkanes of at least 4 members (excludes halogenated alkanes) is 2. The van der Waals surface area contributed by atoms with Gasteiger partial charge < -0.3 is 15.2 Å². The van der Waals surface area contributed by atoms with E-state index in [1.165, 1.54) is 17.7 Å². The zero-order valence-electron chi connectivity index (χ0n) is 16.7. The monoisotopic (exact) mass is 401 g/mol. The first-order chi connectivity index (χ1) is 14.0. The Hall–Kier alpha value is -2.89. The van der Waals surface area contributed by atoms with Gasteiger partial charge >= 0.3 is 5.97 Å². The van der Waals surface area contributed by atoms with Crippen LogP contribution in [0.5, 0.6) is 5.75 Å².